The Balaban J connectivity index is 2.24. The Labute approximate surface area is 131 Å². The molecule has 0 aliphatic carbocycles. The van der Waals surface area contributed by atoms with Crippen molar-refractivity contribution in [2.24, 2.45) is 15.8 Å². The Morgan fingerprint density at radius 1 is 1.24 bits per heavy atom. The summed E-state index contributed by atoms with van der Waals surface area (Å²) in [6, 6.07) is 11.5. The zero-order valence-electron chi connectivity index (χ0n) is 11.4. The number of aliphatic imine (C=N–C) groups is 2. The lowest BCUT2D eigenvalue weighted by Crippen LogP contribution is -2.37. The minimum atomic E-state index is -0.168. The summed E-state index contributed by atoms with van der Waals surface area (Å²) in [5.41, 5.74) is 6.01. The first kappa shape index (κ1) is 13.9. The largest absolute Gasteiger partial charge is 0.310 e. The first-order chi connectivity index (χ1) is 10.2. The van der Waals surface area contributed by atoms with E-state index in [4.69, 9.17) is 10.8 Å². The highest BCUT2D eigenvalue weighted by atomic mass is 79.9. The van der Waals surface area contributed by atoms with Crippen LogP contribution in [0.15, 0.2) is 57.1 Å². The Morgan fingerprint density at radius 2 is 2.10 bits per heavy atom. The van der Waals surface area contributed by atoms with Gasteiger partial charge in [-0.3, -0.25) is 9.98 Å². The standard InChI is InChI=1S/C15H14BrN5/c1-9-15(21-17)20-12-6-5-10(16)8-11(12)14(19-9)13-4-2-3-7-18-13/h2-9H,17H2,1H3,(H,20,21). The van der Waals surface area contributed by atoms with Crippen molar-refractivity contribution in [3.63, 3.8) is 0 Å². The van der Waals surface area contributed by atoms with Gasteiger partial charge in [-0.15, -0.1) is 0 Å². The summed E-state index contributed by atoms with van der Waals surface area (Å²) in [5.74, 6) is 6.19. The van der Waals surface area contributed by atoms with Crippen LogP contribution in [0.1, 0.15) is 18.2 Å². The lowest BCUT2D eigenvalue weighted by molar-refractivity contribution is 0.884. The van der Waals surface area contributed by atoms with Gasteiger partial charge < -0.3 is 5.43 Å². The van der Waals surface area contributed by atoms with Gasteiger partial charge in [-0.05, 0) is 37.3 Å². The number of amidine groups is 1. The van der Waals surface area contributed by atoms with Crippen molar-refractivity contribution in [3.05, 3.63) is 58.3 Å². The van der Waals surface area contributed by atoms with Crippen LogP contribution < -0.4 is 11.3 Å². The van der Waals surface area contributed by atoms with Gasteiger partial charge in [0.05, 0.1) is 17.1 Å². The molecule has 1 aromatic heterocycles. The van der Waals surface area contributed by atoms with Gasteiger partial charge in [0, 0.05) is 16.2 Å². The first-order valence-corrected chi connectivity index (χ1v) is 7.32. The average Bonchev–Trinajstić information content (AvgIpc) is 2.65. The first-order valence-electron chi connectivity index (χ1n) is 6.53. The third-order valence-electron chi connectivity index (χ3n) is 3.23. The summed E-state index contributed by atoms with van der Waals surface area (Å²) in [6.45, 7) is 1.95. The Morgan fingerprint density at radius 3 is 2.81 bits per heavy atom. The monoisotopic (exact) mass is 343 g/mol. The summed E-state index contributed by atoms with van der Waals surface area (Å²) in [5, 5.41) is 0. The molecule has 1 unspecified atom stereocenters. The molecule has 0 fully saturated rings. The summed E-state index contributed by atoms with van der Waals surface area (Å²) < 4.78 is 0.969. The SMILES string of the molecule is CC1N=C(c2ccccn2)c2cc(Br)ccc2N=C1NN. The summed E-state index contributed by atoms with van der Waals surface area (Å²) in [6.07, 6.45) is 1.76. The molecule has 1 aromatic carbocycles. The molecular formula is C15H14BrN5. The minimum absolute atomic E-state index is 0.168. The van der Waals surface area contributed by atoms with E-state index in [-0.39, 0.29) is 6.04 Å². The van der Waals surface area contributed by atoms with Gasteiger partial charge in [-0.25, -0.2) is 10.8 Å². The van der Waals surface area contributed by atoms with Gasteiger partial charge in [0.1, 0.15) is 11.9 Å². The molecule has 0 amide bonds. The van der Waals surface area contributed by atoms with E-state index in [1.807, 2.05) is 43.3 Å². The van der Waals surface area contributed by atoms with Gasteiger partial charge in [0.2, 0.25) is 0 Å². The molecule has 0 saturated carbocycles. The number of hydrazine groups is 1. The highest BCUT2D eigenvalue weighted by molar-refractivity contribution is 9.10. The molecule has 21 heavy (non-hydrogen) atoms. The molecule has 2 aromatic rings. The number of pyridine rings is 1. The molecule has 106 valence electrons. The number of hydrogen-bond donors (Lipinski definition) is 2. The molecule has 1 aliphatic rings. The van der Waals surface area contributed by atoms with Gasteiger partial charge in [-0.1, -0.05) is 22.0 Å². The molecule has 0 bridgehead atoms. The van der Waals surface area contributed by atoms with Gasteiger partial charge in [0.15, 0.2) is 0 Å². The quantitative estimate of drug-likeness (QED) is 0.617. The molecule has 1 aliphatic heterocycles. The number of halogens is 1. The van der Waals surface area contributed by atoms with E-state index >= 15 is 0 Å². The number of fused-ring (bicyclic) bond motifs is 1. The predicted molar refractivity (Wildman–Crippen MR) is 87.9 cm³/mol. The summed E-state index contributed by atoms with van der Waals surface area (Å²) in [4.78, 5) is 13.7. The molecule has 5 nitrogen and oxygen atoms in total. The van der Waals surface area contributed by atoms with Crippen molar-refractivity contribution < 1.29 is 0 Å². The fourth-order valence-electron chi connectivity index (χ4n) is 2.20. The van der Waals surface area contributed by atoms with E-state index in [2.05, 4.69) is 31.3 Å². The molecule has 3 rings (SSSR count). The van der Waals surface area contributed by atoms with Gasteiger partial charge in [0.25, 0.3) is 0 Å². The number of nitrogens with zero attached hydrogens (tertiary/aromatic N) is 3. The van der Waals surface area contributed by atoms with Crippen LogP contribution in [0.5, 0.6) is 0 Å². The highest BCUT2D eigenvalue weighted by Gasteiger charge is 2.20. The maximum absolute atomic E-state index is 5.56. The normalized spacial score (nSPS) is 17.4. The average molecular weight is 344 g/mol. The second-order valence-electron chi connectivity index (χ2n) is 4.67. The topological polar surface area (TPSA) is 75.7 Å². The van der Waals surface area contributed by atoms with E-state index < -0.39 is 0 Å². The van der Waals surface area contributed by atoms with E-state index in [9.17, 15) is 0 Å². The second-order valence-corrected chi connectivity index (χ2v) is 5.59. The fraction of sp³-hybridized carbons (Fsp3) is 0.133. The molecule has 2 heterocycles. The number of rotatable bonds is 1. The Kier molecular flexibility index (Phi) is 3.81. The van der Waals surface area contributed by atoms with Gasteiger partial charge in [-0.2, -0.15) is 0 Å². The lowest BCUT2D eigenvalue weighted by Gasteiger charge is -2.09. The molecule has 0 radical (unpaired) electrons. The molecule has 0 spiro atoms. The summed E-state index contributed by atoms with van der Waals surface area (Å²) in [7, 11) is 0. The van der Waals surface area contributed by atoms with Crippen LogP contribution in [-0.2, 0) is 0 Å². The van der Waals surface area contributed by atoms with Crippen LogP contribution in [0.3, 0.4) is 0 Å². The highest BCUT2D eigenvalue weighted by Crippen LogP contribution is 2.28. The van der Waals surface area contributed by atoms with E-state index in [1.165, 1.54) is 0 Å². The second kappa shape index (κ2) is 5.75. The maximum atomic E-state index is 5.56. The van der Waals surface area contributed by atoms with E-state index in [0.29, 0.717) is 5.84 Å². The molecule has 3 N–H and O–H groups in total. The molecular weight excluding hydrogens is 330 g/mol. The van der Waals surface area contributed by atoms with Crippen molar-refractivity contribution in [2.45, 2.75) is 13.0 Å². The van der Waals surface area contributed by atoms with E-state index in [0.717, 1.165) is 27.1 Å². The third kappa shape index (κ3) is 2.72. The molecule has 1 atom stereocenters. The maximum Gasteiger partial charge on any atom is 0.141 e. The van der Waals surface area contributed by atoms with Crippen LogP contribution in [0, 0.1) is 0 Å². The van der Waals surface area contributed by atoms with Crippen molar-refractivity contribution >= 4 is 33.2 Å². The zero-order valence-corrected chi connectivity index (χ0v) is 13.0. The van der Waals surface area contributed by atoms with Crippen LogP contribution in [0.2, 0.25) is 0 Å². The number of benzene rings is 1. The fourth-order valence-corrected chi connectivity index (χ4v) is 2.56. The molecule has 6 heteroatoms. The zero-order chi connectivity index (χ0) is 14.8. The van der Waals surface area contributed by atoms with Crippen molar-refractivity contribution in [1.82, 2.24) is 10.4 Å². The smallest absolute Gasteiger partial charge is 0.141 e. The van der Waals surface area contributed by atoms with Crippen molar-refractivity contribution in [2.75, 3.05) is 0 Å². The van der Waals surface area contributed by atoms with Crippen LogP contribution in [0.4, 0.5) is 5.69 Å². The minimum Gasteiger partial charge on any atom is -0.310 e. The van der Waals surface area contributed by atoms with E-state index in [1.54, 1.807) is 6.20 Å². The van der Waals surface area contributed by atoms with Crippen LogP contribution >= 0.6 is 15.9 Å². The Bertz CT molecular complexity index is 724. The number of hydrogen-bond acceptors (Lipinski definition) is 5. The van der Waals surface area contributed by atoms with Gasteiger partial charge >= 0.3 is 0 Å². The summed E-state index contributed by atoms with van der Waals surface area (Å²) >= 11 is 3.50. The number of aromatic nitrogens is 1. The number of nitrogens with two attached hydrogens (primary N) is 1. The Hall–Kier alpha value is -2.05. The van der Waals surface area contributed by atoms with Crippen molar-refractivity contribution in [3.8, 4) is 0 Å². The number of nitrogens with one attached hydrogen (secondary N) is 1. The van der Waals surface area contributed by atoms with Crippen LogP contribution in [-0.4, -0.2) is 22.6 Å². The predicted octanol–water partition coefficient (Wildman–Crippen LogP) is 2.58. The van der Waals surface area contributed by atoms with Crippen LogP contribution in [0.25, 0.3) is 0 Å². The van der Waals surface area contributed by atoms with Crippen molar-refractivity contribution in [1.29, 1.82) is 0 Å². The lowest BCUT2D eigenvalue weighted by atomic mass is 10.0. The molecule has 0 saturated heterocycles. The third-order valence-corrected chi connectivity index (χ3v) is 3.72.